The molecule has 0 fully saturated rings. The number of aryl methyl sites for hydroxylation is 1. The molecule has 0 aliphatic rings. The van der Waals surface area contributed by atoms with E-state index in [1.54, 1.807) is 24.4 Å². The Balaban J connectivity index is 1.85. The maximum absolute atomic E-state index is 12.1. The molecule has 0 atom stereocenters. The van der Waals surface area contributed by atoms with E-state index in [2.05, 4.69) is 15.3 Å². The van der Waals surface area contributed by atoms with E-state index in [9.17, 15) is 4.79 Å². The molecule has 0 spiro atoms. The number of aromatic nitrogens is 2. The topological polar surface area (TPSA) is 54.9 Å². The van der Waals surface area contributed by atoms with Crippen molar-refractivity contribution < 1.29 is 4.79 Å². The van der Waals surface area contributed by atoms with Crippen molar-refractivity contribution in [2.45, 2.75) is 6.92 Å². The fourth-order valence-corrected chi connectivity index (χ4v) is 1.92. The Hall–Kier alpha value is -2.75. The summed E-state index contributed by atoms with van der Waals surface area (Å²) in [5.74, 6) is 0.328. The van der Waals surface area contributed by atoms with Crippen LogP contribution in [-0.2, 0) is 0 Å². The highest BCUT2D eigenvalue weighted by molar-refractivity contribution is 6.04. The number of nitrogens with one attached hydrogen (secondary N) is 1. The highest BCUT2D eigenvalue weighted by Gasteiger charge is 2.07. The lowest BCUT2D eigenvalue weighted by molar-refractivity contribution is 0.102. The molecule has 1 N–H and O–H groups in total. The first-order chi connectivity index (χ1) is 9.72. The largest absolute Gasteiger partial charge is 0.306 e. The molecule has 3 rings (SSSR count). The van der Waals surface area contributed by atoms with Crippen molar-refractivity contribution in [2.24, 2.45) is 0 Å². The van der Waals surface area contributed by atoms with Gasteiger partial charge in [0.25, 0.3) is 5.91 Å². The van der Waals surface area contributed by atoms with Crippen molar-refractivity contribution in [3.8, 4) is 0 Å². The summed E-state index contributed by atoms with van der Waals surface area (Å²) in [6, 6.07) is 14.9. The summed E-state index contributed by atoms with van der Waals surface area (Å²) in [7, 11) is 0. The molecule has 98 valence electrons. The van der Waals surface area contributed by atoms with Crippen LogP contribution in [0.15, 0.2) is 54.7 Å². The van der Waals surface area contributed by atoms with E-state index in [0.29, 0.717) is 17.0 Å². The van der Waals surface area contributed by atoms with Crippen LogP contribution in [0.25, 0.3) is 11.0 Å². The van der Waals surface area contributed by atoms with Crippen molar-refractivity contribution >= 4 is 22.8 Å². The minimum absolute atomic E-state index is 0.173. The molecular formula is C16H13N3O. The zero-order valence-electron chi connectivity index (χ0n) is 11.0. The number of rotatable bonds is 2. The molecule has 0 saturated heterocycles. The van der Waals surface area contributed by atoms with Crippen LogP contribution in [0.1, 0.15) is 15.9 Å². The Morgan fingerprint density at radius 2 is 1.85 bits per heavy atom. The van der Waals surface area contributed by atoms with Crippen LogP contribution in [0, 0.1) is 6.92 Å². The molecule has 0 unspecified atom stereocenters. The Bertz CT molecular complexity index is 766. The lowest BCUT2D eigenvalue weighted by Crippen LogP contribution is -2.12. The van der Waals surface area contributed by atoms with Crippen LogP contribution in [0.4, 0.5) is 5.82 Å². The Morgan fingerprint density at radius 1 is 1.05 bits per heavy atom. The number of fused-ring (bicyclic) bond motifs is 1. The molecule has 0 aliphatic heterocycles. The predicted octanol–water partition coefficient (Wildman–Crippen LogP) is 3.19. The van der Waals surface area contributed by atoms with Crippen molar-refractivity contribution in [3.05, 3.63) is 65.9 Å². The zero-order chi connectivity index (χ0) is 13.9. The second-order valence-electron chi connectivity index (χ2n) is 4.57. The van der Waals surface area contributed by atoms with Crippen molar-refractivity contribution in [3.63, 3.8) is 0 Å². The third kappa shape index (κ3) is 2.49. The predicted molar refractivity (Wildman–Crippen MR) is 78.7 cm³/mol. The highest BCUT2D eigenvalue weighted by atomic mass is 16.1. The molecule has 2 heterocycles. The second kappa shape index (κ2) is 5.09. The first-order valence-electron chi connectivity index (χ1n) is 6.32. The molecular weight excluding hydrogens is 250 g/mol. The normalized spacial score (nSPS) is 10.4. The van der Waals surface area contributed by atoms with Crippen molar-refractivity contribution in [1.29, 1.82) is 0 Å². The van der Waals surface area contributed by atoms with Gasteiger partial charge in [0, 0.05) is 17.1 Å². The number of anilines is 1. The van der Waals surface area contributed by atoms with Crippen LogP contribution in [0.3, 0.4) is 0 Å². The van der Waals surface area contributed by atoms with E-state index in [0.717, 1.165) is 10.9 Å². The maximum Gasteiger partial charge on any atom is 0.256 e. The van der Waals surface area contributed by atoms with Gasteiger partial charge in [0.15, 0.2) is 5.65 Å². The van der Waals surface area contributed by atoms with Gasteiger partial charge in [0.1, 0.15) is 5.82 Å². The minimum atomic E-state index is -0.173. The first kappa shape index (κ1) is 12.3. The summed E-state index contributed by atoms with van der Waals surface area (Å²) < 4.78 is 0. The number of carbonyl (C=O) groups excluding carboxylic acids is 1. The SMILES string of the molecule is Cc1ccc(C(=O)Nc2ccc3cccnc3n2)cc1. The van der Waals surface area contributed by atoms with Gasteiger partial charge in [-0.05, 0) is 43.3 Å². The minimum Gasteiger partial charge on any atom is -0.306 e. The average molecular weight is 263 g/mol. The fraction of sp³-hybridized carbons (Fsp3) is 0.0625. The third-order valence-electron chi connectivity index (χ3n) is 3.02. The number of hydrogen-bond donors (Lipinski definition) is 1. The van der Waals surface area contributed by atoms with Gasteiger partial charge in [-0.2, -0.15) is 0 Å². The van der Waals surface area contributed by atoms with E-state index in [1.165, 1.54) is 0 Å². The van der Waals surface area contributed by atoms with Gasteiger partial charge in [0.05, 0.1) is 0 Å². The fourth-order valence-electron chi connectivity index (χ4n) is 1.92. The van der Waals surface area contributed by atoms with Crippen LogP contribution in [-0.4, -0.2) is 15.9 Å². The quantitative estimate of drug-likeness (QED) is 0.772. The molecule has 3 aromatic rings. The molecule has 0 bridgehead atoms. The van der Waals surface area contributed by atoms with Crippen LogP contribution >= 0.6 is 0 Å². The molecule has 4 nitrogen and oxygen atoms in total. The third-order valence-corrected chi connectivity index (χ3v) is 3.02. The van der Waals surface area contributed by atoms with Crippen LogP contribution in [0.5, 0.6) is 0 Å². The maximum atomic E-state index is 12.1. The molecule has 1 aromatic carbocycles. The zero-order valence-corrected chi connectivity index (χ0v) is 11.0. The van der Waals surface area contributed by atoms with Gasteiger partial charge >= 0.3 is 0 Å². The molecule has 0 aliphatic carbocycles. The molecule has 0 radical (unpaired) electrons. The van der Waals surface area contributed by atoms with E-state index < -0.39 is 0 Å². The number of hydrogen-bond acceptors (Lipinski definition) is 3. The van der Waals surface area contributed by atoms with Gasteiger partial charge in [-0.3, -0.25) is 4.79 Å². The lowest BCUT2D eigenvalue weighted by atomic mass is 10.1. The van der Waals surface area contributed by atoms with E-state index in [-0.39, 0.29) is 5.91 Å². The average Bonchev–Trinajstić information content (AvgIpc) is 2.48. The molecule has 20 heavy (non-hydrogen) atoms. The van der Waals surface area contributed by atoms with Gasteiger partial charge in [0.2, 0.25) is 0 Å². The molecule has 0 saturated carbocycles. The standard InChI is InChI=1S/C16H13N3O/c1-11-4-6-13(7-5-11)16(20)19-14-9-8-12-3-2-10-17-15(12)18-14/h2-10H,1H3,(H,17,18,19,20). The number of nitrogens with zero attached hydrogens (tertiary/aromatic N) is 2. The monoisotopic (exact) mass is 263 g/mol. The Morgan fingerprint density at radius 3 is 2.65 bits per heavy atom. The van der Waals surface area contributed by atoms with Crippen molar-refractivity contribution in [2.75, 3.05) is 5.32 Å². The number of pyridine rings is 2. The highest BCUT2D eigenvalue weighted by Crippen LogP contribution is 2.13. The Kier molecular flexibility index (Phi) is 3.13. The van der Waals surface area contributed by atoms with Crippen LogP contribution < -0.4 is 5.32 Å². The van der Waals surface area contributed by atoms with Gasteiger partial charge in [-0.25, -0.2) is 9.97 Å². The second-order valence-corrected chi connectivity index (χ2v) is 4.57. The smallest absolute Gasteiger partial charge is 0.256 e. The number of benzene rings is 1. The van der Waals surface area contributed by atoms with E-state index in [4.69, 9.17) is 0 Å². The summed E-state index contributed by atoms with van der Waals surface area (Å²) in [5, 5.41) is 3.72. The molecule has 1 amide bonds. The summed E-state index contributed by atoms with van der Waals surface area (Å²) in [4.78, 5) is 20.6. The van der Waals surface area contributed by atoms with Crippen LogP contribution in [0.2, 0.25) is 0 Å². The summed E-state index contributed by atoms with van der Waals surface area (Å²) >= 11 is 0. The van der Waals surface area contributed by atoms with E-state index in [1.807, 2.05) is 37.3 Å². The number of carbonyl (C=O) groups is 1. The Labute approximate surface area is 116 Å². The van der Waals surface area contributed by atoms with Gasteiger partial charge in [-0.15, -0.1) is 0 Å². The summed E-state index contributed by atoms with van der Waals surface area (Å²) in [6.45, 7) is 1.98. The summed E-state index contributed by atoms with van der Waals surface area (Å²) in [5.41, 5.74) is 2.35. The molecule has 2 aromatic heterocycles. The molecule has 4 heteroatoms. The van der Waals surface area contributed by atoms with E-state index >= 15 is 0 Å². The van der Waals surface area contributed by atoms with Gasteiger partial charge in [-0.1, -0.05) is 17.7 Å². The lowest BCUT2D eigenvalue weighted by Gasteiger charge is -2.05. The summed E-state index contributed by atoms with van der Waals surface area (Å²) in [6.07, 6.45) is 1.68. The van der Waals surface area contributed by atoms with Gasteiger partial charge < -0.3 is 5.32 Å². The van der Waals surface area contributed by atoms with Crippen molar-refractivity contribution in [1.82, 2.24) is 9.97 Å². The number of amides is 1. The first-order valence-corrected chi connectivity index (χ1v) is 6.32.